The highest BCUT2D eigenvalue weighted by Crippen LogP contribution is 2.22. The van der Waals surface area contributed by atoms with Gasteiger partial charge >= 0.3 is 5.97 Å². The number of carbonyl (C=O) groups excluding carboxylic acids is 13. The van der Waals surface area contributed by atoms with Gasteiger partial charge in [-0.1, -0.05) is 86.6 Å². The van der Waals surface area contributed by atoms with Crippen LogP contribution in [0.25, 0.3) is 10.9 Å². The van der Waals surface area contributed by atoms with Gasteiger partial charge in [-0.05, 0) is 104 Å². The number of aliphatic hydroxyl groups excluding tert-OH is 3. The van der Waals surface area contributed by atoms with Crippen LogP contribution in [-0.4, -0.2) is 232 Å². The van der Waals surface area contributed by atoms with Crippen LogP contribution in [0.5, 0.6) is 11.5 Å². The monoisotopic (exact) mass is 1590 g/mol. The Morgan fingerprint density at radius 3 is 1.27 bits per heavy atom. The standard InChI is InChI=1S/C75H99N17O20S/c1-38(2)62(91-71(107)57(33-45-35-79-37-81-45)89-72(108)61(78)39(3)94)73(109)83-51(24-26-60(77)99)65(101)85-54(30-42-15-19-46(96)20-16-42)68(104)88-56(32-44-34-80-49-14-10-9-13-48(44)49)70(106)92-63(40(4)95)74(110)84-50(23-25-59(76)98)64(100)82-52(27-28-113-5)66(102)86-53(29-41-11-7-6-8-12-41)67(103)87-55(31-43-17-21-47(97)22-18-43)69(105)90-58(36-93)75(111)112/h6-22,34-35,37-40,50-58,61-63,80,93-97H,23-33,36,78H2,1-5H3,(H2,76,98)(H2,77,99)(H,79,81)(H,82,100)(H,83,109)(H,84,110)(H,85,101)(H,86,102)(H,87,103)(H,88,104)(H,89,108)(H,90,105)(H,91,107)(H,92,106)(H,111,112)/t39-,40-,50+,51+,52+,53+,54+,55+,56+,57+,58+,61+,62+,63+/m1/s1. The summed E-state index contributed by atoms with van der Waals surface area (Å²) in [5.41, 5.74) is 19.6. The summed E-state index contributed by atoms with van der Waals surface area (Å²) in [4.78, 5) is 205. The van der Waals surface area contributed by atoms with Crippen molar-refractivity contribution in [3.05, 3.63) is 150 Å². The highest BCUT2D eigenvalue weighted by molar-refractivity contribution is 7.98. The van der Waals surface area contributed by atoms with Crippen molar-refractivity contribution in [3.8, 4) is 11.5 Å². The molecule has 25 N–H and O–H groups in total. The van der Waals surface area contributed by atoms with E-state index in [9.17, 15) is 88.2 Å². The second kappa shape index (κ2) is 44.1. The number of hydrogen-bond donors (Lipinski definition) is 22. The molecule has 4 aromatic carbocycles. The number of aromatic nitrogens is 3. The van der Waals surface area contributed by atoms with Crippen molar-refractivity contribution in [2.24, 2.45) is 23.1 Å². The largest absolute Gasteiger partial charge is 0.508 e. The lowest BCUT2D eigenvalue weighted by Crippen LogP contribution is -2.62. The zero-order valence-electron chi connectivity index (χ0n) is 62.7. The molecule has 0 fully saturated rings. The van der Waals surface area contributed by atoms with Crippen LogP contribution in [0, 0.1) is 5.92 Å². The van der Waals surface area contributed by atoms with Gasteiger partial charge in [0.1, 0.15) is 84.0 Å². The molecule has 0 bridgehead atoms. The number of aromatic amines is 2. The molecule has 0 aliphatic rings. The van der Waals surface area contributed by atoms with Crippen LogP contribution in [0.3, 0.4) is 0 Å². The first-order valence-electron chi connectivity index (χ1n) is 36.1. The maximum Gasteiger partial charge on any atom is 0.328 e. The number of H-pyrrole nitrogens is 2. The number of nitrogens with two attached hydrogens (primary N) is 3. The van der Waals surface area contributed by atoms with Gasteiger partial charge in [0.05, 0.1) is 25.1 Å². The van der Waals surface area contributed by atoms with Crippen molar-refractivity contribution >= 4 is 105 Å². The molecule has 14 atom stereocenters. The molecule has 6 rings (SSSR count). The first kappa shape index (κ1) is 89.9. The summed E-state index contributed by atoms with van der Waals surface area (Å²) in [6, 6.07) is 6.32. The second-order valence-electron chi connectivity index (χ2n) is 27.4. The number of nitrogens with zero attached hydrogens (tertiary/aromatic N) is 1. The fourth-order valence-corrected chi connectivity index (χ4v) is 12.1. The van der Waals surface area contributed by atoms with Crippen LogP contribution < -0.4 is 75.7 Å². The van der Waals surface area contributed by atoms with E-state index < -0.39 is 212 Å². The summed E-state index contributed by atoms with van der Waals surface area (Å²) in [5, 5.41) is 89.3. The van der Waals surface area contributed by atoms with Crippen molar-refractivity contribution in [3.63, 3.8) is 0 Å². The molecule has 2 aromatic heterocycles. The summed E-state index contributed by atoms with van der Waals surface area (Å²) < 4.78 is 0. The van der Waals surface area contributed by atoms with Crippen LogP contribution in [-0.2, 0) is 99.2 Å². The molecule has 38 heteroatoms. The first-order valence-corrected chi connectivity index (χ1v) is 37.5. The van der Waals surface area contributed by atoms with E-state index in [1.807, 2.05) is 0 Å². The number of aliphatic hydroxyl groups is 3. The van der Waals surface area contributed by atoms with Crippen LogP contribution in [0.1, 0.15) is 87.7 Å². The van der Waals surface area contributed by atoms with Gasteiger partial charge in [-0.2, -0.15) is 11.8 Å². The number of aromatic hydroxyl groups is 2. The number of rotatable bonds is 46. The number of fused-ring (bicyclic) bond motifs is 1. The van der Waals surface area contributed by atoms with E-state index in [2.05, 4.69) is 73.4 Å². The van der Waals surface area contributed by atoms with E-state index in [1.165, 1.54) is 79.7 Å². The Morgan fingerprint density at radius 2 is 0.832 bits per heavy atom. The van der Waals surface area contributed by atoms with Crippen molar-refractivity contribution in [2.75, 3.05) is 18.6 Å². The van der Waals surface area contributed by atoms with Crippen molar-refractivity contribution in [1.29, 1.82) is 0 Å². The molecule has 0 saturated carbocycles. The summed E-state index contributed by atoms with van der Waals surface area (Å²) in [6.45, 7) is 4.46. The van der Waals surface area contributed by atoms with Gasteiger partial charge in [-0.25, -0.2) is 9.78 Å². The average Bonchev–Trinajstić information content (AvgIpc) is 1.70. The number of carboxylic acids is 1. The molecule has 0 radical (unpaired) electrons. The Labute approximate surface area is 653 Å². The summed E-state index contributed by atoms with van der Waals surface area (Å²) in [7, 11) is 0. The Morgan fingerprint density at radius 1 is 0.442 bits per heavy atom. The third-order valence-corrected chi connectivity index (χ3v) is 18.7. The molecule has 6 aromatic rings. The molecule has 0 spiro atoms. The minimum Gasteiger partial charge on any atom is -0.508 e. The number of para-hydroxylation sites is 1. The lowest BCUT2D eigenvalue weighted by atomic mass is 9.99. The summed E-state index contributed by atoms with van der Waals surface area (Å²) in [5.74, 6) is -15.8. The zero-order valence-corrected chi connectivity index (χ0v) is 63.5. The third-order valence-electron chi connectivity index (χ3n) is 18.1. The number of benzene rings is 4. The number of primary amides is 2. The van der Waals surface area contributed by atoms with Crippen LogP contribution in [0.2, 0.25) is 0 Å². The number of carbonyl (C=O) groups is 14. The van der Waals surface area contributed by atoms with Gasteiger partial charge < -0.3 is 116 Å². The van der Waals surface area contributed by atoms with Crippen molar-refractivity contribution in [2.45, 2.75) is 177 Å². The number of phenolic OH excluding ortho intramolecular Hbond substituents is 2. The van der Waals surface area contributed by atoms with Crippen molar-refractivity contribution in [1.82, 2.24) is 73.4 Å². The SMILES string of the molecule is CSCC[C@H](NC(=O)[C@H](CCC(N)=O)NC(=O)[C@@H](NC(=O)[C@H](Cc1c[nH]c2ccccc12)NC(=O)[C@H](Cc1ccc(O)cc1)NC(=O)[C@H](CCC(N)=O)NC(=O)[C@@H](NC(=O)[C@H](Cc1cnc[nH]1)NC(=O)[C@@H](N)[C@@H](C)O)C(C)C)[C@@H](C)O)C(=O)N[C@@H](Cc1ccccc1)C(=O)N[C@@H](Cc1ccc(O)cc1)C(=O)N[C@@H](CO)C(=O)O. The topological polar surface area (TPSA) is 615 Å². The quantitative estimate of drug-likeness (QED) is 0.0175. The van der Waals surface area contributed by atoms with E-state index in [-0.39, 0.29) is 49.4 Å². The highest BCUT2D eigenvalue weighted by Gasteiger charge is 2.39. The first-order chi connectivity index (χ1) is 53.6. The van der Waals surface area contributed by atoms with Crippen LogP contribution >= 0.6 is 11.8 Å². The number of carboxylic acid groups (broad SMARTS) is 1. The lowest BCUT2D eigenvalue weighted by molar-refractivity contribution is -0.143. The van der Waals surface area contributed by atoms with Crippen LogP contribution in [0.15, 0.2) is 122 Å². The minimum absolute atomic E-state index is 0.128. The van der Waals surface area contributed by atoms with Crippen molar-refractivity contribution < 1.29 is 97.8 Å². The molecule has 13 amide bonds. The van der Waals surface area contributed by atoms with Gasteiger partial charge in [0.2, 0.25) is 76.8 Å². The Kier molecular flexibility index (Phi) is 35.1. The van der Waals surface area contributed by atoms with E-state index in [4.69, 9.17) is 17.2 Å². The Hall–Kier alpha value is -12.0. The van der Waals surface area contributed by atoms with Gasteiger partial charge in [0, 0.05) is 73.9 Å². The molecule has 37 nitrogen and oxygen atoms in total. The number of hydrogen-bond acceptors (Lipinski definition) is 22. The highest BCUT2D eigenvalue weighted by atomic mass is 32.2. The predicted octanol–water partition coefficient (Wildman–Crippen LogP) is -3.75. The molecular formula is C75H99N17O20S. The maximum absolute atomic E-state index is 15.2. The van der Waals surface area contributed by atoms with E-state index in [0.29, 0.717) is 38.9 Å². The molecule has 0 unspecified atom stereocenters. The second-order valence-corrected chi connectivity index (χ2v) is 28.3. The third kappa shape index (κ3) is 28.7. The smallest absolute Gasteiger partial charge is 0.328 e. The molecular weight excluding hydrogens is 1490 g/mol. The van der Waals surface area contributed by atoms with Gasteiger partial charge in [0.15, 0.2) is 0 Å². The normalized spacial score (nSPS) is 15.0. The molecule has 0 saturated heterocycles. The number of amides is 13. The summed E-state index contributed by atoms with van der Waals surface area (Å²) in [6.07, 6.45) is -0.935. The molecule has 0 aliphatic heterocycles. The Balaban J connectivity index is 1.28. The Bertz CT molecular complexity index is 4250. The minimum atomic E-state index is -2.00. The molecule has 0 aliphatic carbocycles. The summed E-state index contributed by atoms with van der Waals surface area (Å²) >= 11 is 1.25. The number of phenols is 2. The molecule has 113 heavy (non-hydrogen) atoms. The number of thioether (sulfide) groups is 1. The van der Waals surface area contributed by atoms with Gasteiger partial charge in [-0.15, -0.1) is 0 Å². The molecule has 2 heterocycles. The van der Waals surface area contributed by atoms with Crippen LogP contribution in [0.4, 0.5) is 0 Å². The zero-order chi connectivity index (χ0) is 83.2. The fraction of sp³-hybridized carbons (Fsp3) is 0.427. The van der Waals surface area contributed by atoms with Gasteiger partial charge in [0.25, 0.3) is 0 Å². The predicted molar refractivity (Wildman–Crippen MR) is 410 cm³/mol. The average molecular weight is 1590 g/mol. The number of imidazole rings is 1. The number of nitrogens with one attached hydrogen (secondary N) is 13. The van der Waals surface area contributed by atoms with E-state index in [0.717, 1.165) is 6.92 Å². The van der Waals surface area contributed by atoms with Gasteiger partial charge in [-0.3, -0.25) is 62.3 Å². The number of aliphatic carboxylic acids is 1. The lowest BCUT2D eigenvalue weighted by Gasteiger charge is -2.29. The van der Waals surface area contributed by atoms with E-state index >= 15 is 9.59 Å². The van der Waals surface area contributed by atoms with E-state index in [1.54, 1.807) is 80.9 Å². The maximum atomic E-state index is 15.2. The molecule has 610 valence electrons. The fourth-order valence-electron chi connectivity index (χ4n) is 11.7.